The molecule has 29 heavy (non-hydrogen) atoms. The second-order valence-electron chi connectivity index (χ2n) is 6.83. The zero-order valence-corrected chi connectivity index (χ0v) is 16.5. The van der Waals surface area contributed by atoms with Crippen LogP contribution in [0.15, 0.2) is 77.3 Å². The van der Waals surface area contributed by atoms with Crippen molar-refractivity contribution < 1.29 is 9.32 Å². The molecule has 0 aliphatic carbocycles. The van der Waals surface area contributed by atoms with E-state index in [1.807, 2.05) is 79.7 Å². The summed E-state index contributed by atoms with van der Waals surface area (Å²) in [5.74, 6) is -0.105. The molecular weight excluding hydrogens is 382 g/mol. The van der Waals surface area contributed by atoms with Crippen LogP contribution in [0.2, 0.25) is 0 Å². The standard InChI is InChI=1S/C23H17N3O2S/c1-15-10-12-16(13-11-15)26(23-24-18-7-3-5-9-21(18)29-23)22(27)14-19-17-6-2-4-8-20(17)28-25-19/h2-13H,14H2,1H3. The van der Waals surface area contributed by atoms with Crippen molar-refractivity contribution in [2.75, 3.05) is 4.90 Å². The van der Waals surface area contributed by atoms with E-state index in [1.54, 1.807) is 4.90 Å². The summed E-state index contributed by atoms with van der Waals surface area (Å²) in [6, 6.07) is 23.3. The van der Waals surface area contributed by atoms with Crippen LogP contribution in [0, 0.1) is 6.92 Å². The van der Waals surface area contributed by atoms with Crippen LogP contribution >= 0.6 is 11.3 Å². The van der Waals surface area contributed by atoms with Gasteiger partial charge < -0.3 is 4.52 Å². The lowest BCUT2D eigenvalue weighted by Gasteiger charge is -2.19. The molecule has 0 unspecified atom stereocenters. The Hall–Kier alpha value is -3.51. The van der Waals surface area contributed by atoms with Crippen LogP contribution in [0.3, 0.4) is 0 Å². The van der Waals surface area contributed by atoms with E-state index < -0.39 is 0 Å². The number of fused-ring (bicyclic) bond motifs is 2. The Kier molecular flexibility index (Phi) is 4.33. The molecule has 0 bridgehead atoms. The minimum absolute atomic E-state index is 0.105. The minimum Gasteiger partial charge on any atom is -0.356 e. The first-order valence-electron chi connectivity index (χ1n) is 9.27. The monoisotopic (exact) mass is 399 g/mol. The quantitative estimate of drug-likeness (QED) is 0.392. The van der Waals surface area contributed by atoms with E-state index in [-0.39, 0.29) is 12.3 Å². The molecule has 0 spiro atoms. The zero-order valence-electron chi connectivity index (χ0n) is 15.7. The number of para-hydroxylation sites is 2. The van der Waals surface area contributed by atoms with Gasteiger partial charge in [0.25, 0.3) is 0 Å². The third kappa shape index (κ3) is 3.28. The fraction of sp³-hybridized carbons (Fsp3) is 0.0870. The summed E-state index contributed by atoms with van der Waals surface area (Å²) in [4.78, 5) is 19.8. The summed E-state index contributed by atoms with van der Waals surface area (Å²) < 4.78 is 6.41. The average Bonchev–Trinajstić information content (AvgIpc) is 3.34. The molecule has 6 heteroatoms. The van der Waals surface area contributed by atoms with E-state index in [2.05, 4.69) is 5.16 Å². The third-order valence-electron chi connectivity index (χ3n) is 4.79. The Bertz CT molecular complexity index is 1290. The molecule has 3 aromatic carbocycles. The summed E-state index contributed by atoms with van der Waals surface area (Å²) in [5, 5.41) is 5.62. The number of nitrogens with zero attached hydrogens (tertiary/aromatic N) is 3. The Morgan fingerprint density at radius 2 is 1.76 bits per heavy atom. The number of anilines is 2. The highest BCUT2D eigenvalue weighted by Crippen LogP contribution is 2.34. The van der Waals surface area contributed by atoms with Crippen LogP contribution in [0.1, 0.15) is 11.3 Å². The fourth-order valence-electron chi connectivity index (χ4n) is 3.30. The summed E-state index contributed by atoms with van der Waals surface area (Å²) in [5.41, 5.74) is 4.10. The van der Waals surface area contributed by atoms with Crippen LogP contribution in [0.25, 0.3) is 21.2 Å². The molecule has 142 valence electrons. The molecule has 0 aliphatic rings. The number of hydrogen-bond acceptors (Lipinski definition) is 5. The second-order valence-corrected chi connectivity index (χ2v) is 7.84. The number of rotatable bonds is 4. The van der Waals surface area contributed by atoms with Gasteiger partial charge in [-0.3, -0.25) is 9.69 Å². The number of carbonyl (C=O) groups is 1. The van der Waals surface area contributed by atoms with E-state index in [4.69, 9.17) is 9.51 Å². The van der Waals surface area contributed by atoms with Gasteiger partial charge in [0.05, 0.1) is 22.3 Å². The summed E-state index contributed by atoms with van der Waals surface area (Å²) >= 11 is 1.50. The molecule has 5 rings (SSSR count). The van der Waals surface area contributed by atoms with Crippen molar-refractivity contribution in [1.82, 2.24) is 10.1 Å². The maximum atomic E-state index is 13.4. The molecule has 0 saturated heterocycles. The molecule has 0 N–H and O–H groups in total. The molecule has 2 aromatic heterocycles. The number of thiazole rings is 1. The highest BCUT2D eigenvalue weighted by molar-refractivity contribution is 7.22. The van der Waals surface area contributed by atoms with E-state index >= 15 is 0 Å². The number of carbonyl (C=O) groups excluding carboxylic acids is 1. The largest absolute Gasteiger partial charge is 0.356 e. The highest BCUT2D eigenvalue weighted by Gasteiger charge is 2.24. The first kappa shape index (κ1) is 17.6. The van der Waals surface area contributed by atoms with Gasteiger partial charge in [-0.1, -0.05) is 58.5 Å². The van der Waals surface area contributed by atoms with Gasteiger partial charge in [0.15, 0.2) is 10.7 Å². The molecule has 0 aliphatic heterocycles. The first-order valence-corrected chi connectivity index (χ1v) is 10.1. The number of amides is 1. The maximum absolute atomic E-state index is 13.4. The molecule has 0 atom stereocenters. The van der Waals surface area contributed by atoms with E-state index in [1.165, 1.54) is 11.3 Å². The van der Waals surface area contributed by atoms with E-state index in [0.717, 1.165) is 26.9 Å². The molecule has 1 amide bonds. The highest BCUT2D eigenvalue weighted by atomic mass is 32.1. The topological polar surface area (TPSA) is 59.2 Å². The number of aryl methyl sites for hydroxylation is 1. The predicted octanol–water partition coefficient (Wildman–Crippen LogP) is 5.65. The molecule has 5 aromatic rings. The predicted molar refractivity (Wildman–Crippen MR) is 116 cm³/mol. The van der Waals surface area contributed by atoms with Gasteiger partial charge in [-0.05, 0) is 43.3 Å². The van der Waals surface area contributed by atoms with Crippen LogP contribution in [0.5, 0.6) is 0 Å². The second kappa shape index (κ2) is 7.14. The van der Waals surface area contributed by atoms with Crippen molar-refractivity contribution in [3.05, 3.63) is 84.1 Å². The summed E-state index contributed by atoms with van der Waals surface area (Å²) in [6.45, 7) is 2.02. The average molecular weight is 399 g/mol. The van der Waals surface area contributed by atoms with Crippen molar-refractivity contribution >= 4 is 49.2 Å². The van der Waals surface area contributed by atoms with Gasteiger partial charge in [0, 0.05) is 5.39 Å². The maximum Gasteiger partial charge on any atom is 0.239 e. The SMILES string of the molecule is Cc1ccc(N(C(=O)Cc2noc3ccccc23)c2nc3ccccc3s2)cc1. The van der Waals surface area contributed by atoms with Crippen molar-refractivity contribution in [3.63, 3.8) is 0 Å². The van der Waals surface area contributed by atoms with Crippen LogP contribution < -0.4 is 4.90 Å². The van der Waals surface area contributed by atoms with Gasteiger partial charge in [0.1, 0.15) is 5.69 Å². The molecular formula is C23H17N3O2S. The number of benzene rings is 3. The lowest BCUT2D eigenvalue weighted by molar-refractivity contribution is -0.117. The van der Waals surface area contributed by atoms with Crippen molar-refractivity contribution in [3.8, 4) is 0 Å². The van der Waals surface area contributed by atoms with Crippen LogP contribution in [-0.4, -0.2) is 16.0 Å². The smallest absolute Gasteiger partial charge is 0.239 e. The zero-order chi connectivity index (χ0) is 19.8. The Labute approximate surface area is 171 Å². The van der Waals surface area contributed by atoms with Crippen LogP contribution in [0.4, 0.5) is 10.8 Å². The van der Waals surface area contributed by atoms with Crippen molar-refractivity contribution in [1.29, 1.82) is 0 Å². The van der Waals surface area contributed by atoms with Gasteiger partial charge in [-0.2, -0.15) is 0 Å². The molecule has 0 saturated carbocycles. The minimum atomic E-state index is -0.105. The van der Waals surface area contributed by atoms with Gasteiger partial charge in [0.2, 0.25) is 5.91 Å². The first-order chi connectivity index (χ1) is 14.2. The Morgan fingerprint density at radius 1 is 1.00 bits per heavy atom. The van der Waals surface area contributed by atoms with E-state index in [9.17, 15) is 4.79 Å². The van der Waals surface area contributed by atoms with Crippen molar-refractivity contribution in [2.24, 2.45) is 0 Å². The van der Waals surface area contributed by atoms with Crippen molar-refractivity contribution in [2.45, 2.75) is 13.3 Å². The normalized spacial score (nSPS) is 11.2. The third-order valence-corrected chi connectivity index (χ3v) is 5.81. The lowest BCUT2D eigenvalue weighted by atomic mass is 10.1. The summed E-state index contributed by atoms with van der Waals surface area (Å²) in [6.07, 6.45) is 0.126. The number of hydrogen-bond donors (Lipinski definition) is 0. The lowest BCUT2D eigenvalue weighted by Crippen LogP contribution is -2.27. The molecule has 0 fully saturated rings. The van der Waals surface area contributed by atoms with Gasteiger partial charge >= 0.3 is 0 Å². The Morgan fingerprint density at radius 3 is 2.59 bits per heavy atom. The fourth-order valence-corrected chi connectivity index (χ4v) is 4.30. The van der Waals surface area contributed by atoms with Crippen LogP contribution in [-0.2, 0) is 11.2 Å². The van der Waals surface area contributed by atoms with E-state index in [0.29, 0.717) is 16.4 Å². The van der Waals surface area contributed by atoms with Gasteiger partial charge in [-0.25, -0.2) is 4.98 Å². The Balaban J connectivity index is 1.57. The molecule has 0 radical (unpaired) electrons. The summed E-state index contributed by atoms with van der Waals surface area (Å²) in [7, 11) is 0. The van der Waals surface area contributed by atoms with Gasteiger partial charge in [-0.15, -0.1) is 0 Å². The molecule has 5 nitrogen and oxygen atoms in total. The number of aromatic nitrogens is 2. The molecule has 2 heterocycles.